The van der Waals surface area contributed by atoms with Crippen molar-refractivity contribution in [1.29, 1.82) is 0 Å². The maximum atomic E-state index is 12.4. The Kier molecular flexibility index (Phi) is 5.00. The number of nitrogens with one attached hydrogen (secondary N) is 1. The molecule has 0 radical (unpaired) electrons. The first-order chi connectivity index (χ1) is 8.71. The van der Waals surface area contributed by atoms with Crippen LogP contribution in [-0.4, -0.2) is 51.8 Å². The summed E-state index contributed by atoms with van der Waals surface area (Å²) in [6.45, 7) is 1.87. The monoisotopic (exact) mass is 311 g/mol. The zero-order valence-corrected chi connectivity index (χ0v) is 12.9. The van der Waals surface area contributed by atoms with Gasteiger partial charge in [0.25, 0.3) is 0 Å². The standard InChI is InChI=1S/C11H21NO5S2/c1-3-4-7-19(16,17)11(10(13)12-2)5-8-18(14,15)9-6-11/h3-9H2,1-2H3,(H,12,13). The molecule has 1 N–H and O–H groups in total. The van der Waals surface area contributed by atoms with Gasteiger partial charge in [0, 0.05) is 7.05 Å². The van der Waals surface area contributed by atoms with Gasteiger partial charge in [-0.1, -0.05) is 13.3 Å². The zero-order chi connectivity index (χ0) is 14.7. The predicted octanol–water partition coefficient (Wildman–Crippen LogP) is -0.105. The number of hydrogen-bond acceptors (Lipinski definition) is 5. The largest absolute Gasteiger partial charge is 0.358 e. The highest BCUT2D eigenvalue weighted by Crippen LogP contribution is 2.33. The van der Waals surface area contributed by atoms with Crippen molar-refractivity contribution in [3.63, 3.8) is 0 Å². The number of sulfone groups is 2. The van der Waals surface area contributed by atoms with Crippen molar-refractivity contribution in [2.45, 2.75) is 37.4 Å². The molecule has 1 saturated heterocycles. The van der Waals surface area contributed by atoms with Gasteiger partial charge in [0.1, 0.15) is 9.84 Å². The van der Waals surface area contributed by atoms with E-state index in [1.807, 2.05) is 6.92 Å². The van der Waals surface area contributed by atoms with Crippen molar-refractivity contribution < 1.29 is 21.6 Å². The Morgan fingerprint density at radius 2 is 1.79 bits per heavy atom. The summed E-state index contributed by atoms with van der Waals surface area (Å²) in [4.78, 5) is 12.0. The molecule has 0 spiro atoms. The molecule has 0 atom stereocenters. The van der Waals surface area contributed by atoms with Crippen LogP contribution in [0.1, 0.15) is 32.6 Å². The van der Waals surface area contributed by atoms with Crippen LogP contribution in [0.15, 0.2) is 0 Å². The lowest BCUT2D eigenvalue weighted by atomic mass is 10.0. The molecule has 1 aliphatic heterocycles. The Balaban J connectivity index is 3.13. The second-order valence-corrected chi connectivity index (χ2v) is 9.62. The number of rotatable bonds is 5. The van der Waals surface area contributed by atoms with E-state index in [0.29, 0.717) is 12.8 Å². The van der Waals surface area contributed by atoms with Crippen molar-refractivity contribution >= 4 is 25.6 Å². The summed E-state index contributed by atoms with van der Waals surface area (Å²) in [7, 11) is -5.49. The van der Waals surface area contributed by atoms with E-state index in [0.717, 1.165) is 0 Å². The van der Waals surface area contributed by atoms with Crippen LogP contribution in [0, 0.1) is 0 Å². The molecule has 0 aromatic carbocycles. The fraction of sp³-hybridized carbons (Fsp3) is 0.909. The number of unbranched alkanes of at least 4 members (excludes halogenated alkanes) is 1. The number of carbonyl (C=O) groups excluding carboxylic acids is 1. The number of carbonyl (C=O) groups is 1. The average molecular weight is 311 g/mol. The van der Waals surface area contributed by atoms with E-state index in [1.165, 1.54) is 7.05 Å². The lowest BCUT2D eigenvalue weighted by molar-refractivity contribution is -0.123. The molecule has 1 aliphatic rings. The van der Waals surface area contributed by atoms with Gasteiger partial charge in [0.05, 0.1) is 17.3 Å². The molecule has 1 heterocycles. The van der Waals surface area contributed by atoms with Gasteiger partial charge in [0.15, 0.2) is 14.6 Å². The Labute approximate surface area is 114 Å². The molecule has 0 aromatic heterocycles. The van der Waals surface area contributed by atoms with E-state index in [1.54, 1.807) is 0 Å². The molecule has 1 fully saturated rings. The van der Waals surface area contributed by atoms with Crippen LogP contribution >= 0.6 is 0 Å². The van der Waals surface area contributed by atoms with Crippen molar-refractivity contribution in [2.24, 2.45) is 0 Å². The molecular formula is C11H21NO5S2. The third kappa shape index (κ3) is 3.28. The maximum absolute atomic E-state index is 12.4. The highest BCUT2D eigenvalue weighted by molar-refractivity contribution is 7.94. The molecule has 1 amide bonds. The van der Waals surface area contributed by atoms with Gasteiger partial charge in [-0.05, 0) is 19.3 Å². The van der Waals surface area contributed by atoms with Crippen LogP contribution in [0.2, 0.25) is 0 Å². The number of hydrogen-bond donors (Lipinski definition) is 1. The van der Waals surface area contributed by atoms with Crippen molar-refractivity contribution in [1.82, 2.24) is 5.32 Å². The Morgan fingerprint density at radius 1 is 1.26 bits per heavy atom. The first-order valence-electron chi connectivity index (χ1n) is 6.36. The molecule has 8 heteroatoms. The van der Waals surface area contributed by atoms with Gasteiger partial charge in [-0.2, -0.15) is 0 Å². The summed E-state index contributed by atoms with van der Waals surface area (Å²) in [6, 6.07) is 0. The van der Waals surface area contributed by atoms with E-state index in [4.69, 9.17) is 0 Å². The first kappa shape index (κ1) is 16.4. The van der Waals surface area contributed by atoms with E-state index in [9.17, 15) is 21.6 Å². The molecule has 19 heavy (non-hydrogen) atoms. The van der Waals surface area contributed by atoms with E-state index < -0.39 is 30.3 Å². The van der Waals surface area contributed by atoms with Gasteiger partial charge in [0.2, 0.25) is 5.91 Å². The third-order valence-corrected chi connectivity index (χ3v) is 7.90. The second kappa shape index (κ2) is 5.78. The molecular weight excluding hydrogens is 290 g/mol. The highest BCUT2D eigenvalue weighted by atomic mass is 32.2. The summed E-state index contributed by atoms with van der Waals surface area (Å²) in [5.41, 5.74) is 0. The molecule has 0 unspecified atom stereocenters. The molecule has 0 aliphatic carbocycles. The van der Waals surface area contributed by atoms with Crippen LogP contribution in [0.25, 0.3) is 0 Å². The predicted molar refractivity (Wildman–Crippen MR) is 73.4 cm³/mol. The van der Waals surface area contributed by atoms with Gasteiger partial charge >= 0.3 is 0 Å². The normalized spacial score (nSPS) is 21.8. The average Bonchev–Trinajstić information content (AvgIpc) is 2.35. The zero-order valence-electron chi connectivity index (χ0n) is 11.3. The summed E-state index contributed by atoms with van der Waals surface area (Å²) < 4.78 is 46.2. The smallest absolute Gasteiger partial charge is 0.241 e. The van der Waals surface area contributed by atoms with E-state index >= 15 is 0 Å². The van der Waals surface area contributed by atoms with Crippen LogP contribution in [0.3, 0.4) is 0 Å². The van der Waals surface area contributed by atoms with Gasteiger partial charge < -0.3 is 5.32 Å². The molecule has 0 aromatic rings. The topological polar surface area (TPSA) is 97.4 Å². The first-order valence-corrected chi connectivity index (χ1v) is 9.83. The molecule has 6 nitrogen and oxygen atoms in total. The SMILES string of the molecule is CCCCS(=O)(=O)C1(C(=O)NC)CCS(=O)(=O)CC1. The fourth-order valence-electron chi connectivity index (χ4n) is 2.30. The Bertz CT molecular complexity index is 521. The summed E-state index contributed by atoms with van der Waals surface area (Å²) in [6.07, 6.45) is 0.914. The van der Waals surface area contributed by atoms with E-state index in [-0.39, 0.29) is 30.1 Å². The van der Waals surface area contributed by atoms with E-state index in [2.05, 4.69) is 5.32 Å². The summed E-state index contributed by atoms with van der Waals surface area (Å²) in [5, 5.41) is 2.37. The van der Waals surface area contributed by atoms with Crippen LogP contribution < -0.4 is 5.32 Å². The Morgan fingerprint density at radius 3 is 2.21 bits per heavy atom. The van der Waals surface area contributed by atoms with Gasteiger partial charge in [-0.3, -0.25) is 4.79 Å². The van der Waals surface area contributed by atoms with Crippen molar-refractivity contribution in [2.75, 3.05) is 24.3 Å². The highest BCUT2D eigenvalue weighted by Gasteiger charge is 2.52. The van der Waals surface area contributed by atoms with Crippen LogP contribution in [-0.2, 0) is 24.5 Å². The number of amides is 1. The van der Waals surface area contributed by atoms with Gasteiger partial charge in [-0.15, -0.1) is 0 Å². The molecule has 0 bridgehead atoms. The molecule has 0 saturated carbocycles. The fourth-order valence-corrected chi connectivity index (χ4v) is 6.36. The summed E-state index contributed by atoms with van der Waals surface area (Å²) in [5.74, 6) is -1.15. The van der Waals surface area contributed by atoms with Crippen molar-refractivity contribution in [3.8, 4) is 0 Å². The minimum Gasteiger partial charge on any atom is -0.358 e. The lowest BCUT2D eigenvalue weighted by Crippen LogP contribution is -2.56. The van der Waals surface area contributed by atoms with Crippen molar-refractivity contribution in [3.05, 3.63) is 0 Å². The lowest BCUT2D eigenvalue weighted by Gasteiger charge is -2.34. The Hall–Kier alpha value is -0.630. The van der Waals surface area contributed by atoms with Crippen LogP contribution in [0.4, 0.5) is 0 Å². The van der Waals surface area contributed by atoms with Crippen LogP contribution in [0.5, 0.6) is 0 Å². The minimum atomic E-state index is -3.65. The second-order valence-electron chi connectivity index (χ2n) is 4.90. The maximum Gasteiger partial charge on any atom is 0.241 e. The molecule has 112 valence electrons. The quantitative estimate of drug-likeness (QED) is 0.764. The van der Waals surface area contributed by atoms with Gasteiger partial charge in [-0.25, -0.2) is 16.8 Å². The molecule has 1 rings (SSSR count). The summed E-state index contributed by atoms with van der Waals surface area (Å²) >= 11 is 0. The minimum absolute atomic E-state index is 0.0725. The third-order valence-electron chi connectivity index (χ3n) is 3.64.